The van der Waals surface area contributed by atoms with Crippen LogP contribution in [0.15, 0.2) is 71.8 Å². The molecule has 2 heterocycles. The monoisotopic (exact) mass is 921 g/mol. The molecule has 12 atom stereocenters. The molecule has 5 aliphatic rings. The first kappa shape index (κ1) is 47.9. The predicted molar refractivity (Wildman–Crippen MR) is 224 cm³/mol. The van der Waals surface area contributed by atoms with Crippen molar-refractivity contribution in [2.24, 2.45) is 16.7 Å². The van der Waals surface area contributed by atoms with Gasteiger partial charge in [0.25, 0.3) is 0 Å². The zero-order chi connectivity index (χ0) is 48.3. The SMILES string of the molecule is COC(=O)O[C@H]1C[C@H]2OC[C@@]2(OC(C)=O)[C@H]2[C@H](OC(=O)c3ccccc3)[C@]34OC(=O)O[C@H]3[C@H](OC(=O)[C@H](O)[C@@H](NC(=O)OC(C)(C)C)c3ccccc3)C(C)=C([C@@H](OC)C(=O)[C@]12C)C4(C)C. The minimum atomic E-state index is -2.34. The van der Waals surface area contributed by atoms with Crippen molar-refractivity contribution in [3.8, 4) is 0 Å². The number of amides is 1. The highest BCUT2D eigenvalue weighted by Gasteiger charge is 2.83. The molecule has 19 nitrogen and oxygen atoms in total. The summed E-state index contributed by atoms with van der Waals surface area (Å²) in [7, 11) is 2.32. The fraction of sp³-hybridized carbons (Fsp3) is 0.553. The van der Waals surface area contributed by atoms with Crippen LogP contribution in [0.1, 0.15) is 83.8 Å². The lowest BCUT2D eigenvalue weighted by molar-refractivity contribution is -0.345. The van der Waals surface area contributed by atoms with E-state index < -0.39 is 124 Å². The van der Waals surface area contributed by atoms with Crippen LogP contribution in [0.3, 0.4) is 0 Å². The van der Waals surface area contributed by atoms with Crippen molar-refractivity contribution >= 4 is 42.1 Å². The smallest absolute Gasteiger partial charge is 0.454 e. The summed E-state index contributed by atoms with van der Waals surface area (Å²) < 4.78 is 59.8. The highest BCUT2D eigenvalue weighted by molar-refractivity contribution is 5.95. The van der Waals surface area contributed by atoms with Crippen LogP contribution in [0.25, 0.3) is 0 Å². The van der Waals surface area contributed by atoms with Crippen LogP contribution in [0.4, 0.5) is 14.4 Å². The highest BCUT2D eigenvalue weighted by Crippen LogP contribution is 2.67. The number of fused-ring (bicyclic) bond motifs is 4. The van der Waals surface area contributed by atoms with Gasteiger partial charge < -0.3 is 57.8 Å². The molecule has 356 valence electrons. The number of alkyl carbamates (subject to hydrolysis) is 1. The lowest BCUT2D eigenvalue weighted by Gasteiger charge is -2.67. The van der Waals surface area contributed by atoms with E-state index in [-0.39, 0.29) is 35.3 Å². The average Bonchev–Trinajstić information content (AvgIpc) is 3.62. The highest BCUT2D eigenvalue weighted by atomic mass is 16.8. The molecule has 3 aliphatic carbocycles. The number of ketones is 1. The number of carbonyl (C=O) groups is 7. The van der Waals surface area contributed by atoms with E-state index >= 15 is 4.79 Å². The molecule has 2 bridgehead atoms. The van der Waals surface area contributed by atoms with Gasteiger partial charge in [0.1, 0.15) is 23.9 Å². The zero-order valence-electron chi connectivity index (χ0n) is 38.3. The van der Waals surface area contributed by atoms with Crippen LogP contribution in [0.5, 0.6) is 0 Å². The molecule has 7 rings (SSSR count). The van der Waals surface area contributed by atoms with Crippen molar-refractivity contribution < 1.29 is 86.0 Å². The molecule has 0 aromatic heterocycles. The summed E-state index contributed by atoms with van der Waals surface area (Å²) >= 11 is 0. The Morgan fingerprint density at radius 3 is 2.11 bits per heavy atom. The summed E-state index contributed by atoms with van der Waals surface area (Å²) in [5.74, 6) is -5.49. The number of methoxy groups -OCH3 is 2. The lowest BCUT2D eigenvalue weighted by Crippen LogP contribution is -2.83. The maximum atomic E-state index is 15.9. The normalized spacial score (nSPS) is 32.6. The van der Waals surface area contributed by atoms with Crippen molar-refractivity contribution in [1.29, 1.82) is 0 Å². The third-order valence-corrected chi connectivity index (χ3v) is 13.6. The Labute approximate surface area is 380 Å². The number of hydrogen-bond donors (Lipinski definition) is 2. The van der Waals surface area contributed by atoms with E-state index in [1.54, 1.807) is 83.1 Å². The number of aliphatic hydroxyl groups is 1. The molecule has 19 heteroatoms. The van der Waals surface area contributed by atoms with Gasteiger partial charge in [0.2, 0.25) is 5.60 Å². The van der Waals surface area contributed by atoms with Crippen LogP contribution in [0.2, 0.25) is 0 Å². The standard InChI is InChI=1S/C47H55NO18/c1-23-29-33(57-9)35(51)45(8)27(60-41(55)58-10)21-28-46(22-59-28,64-24(2)49)34(45)37(62-38(52)26-19-15-12-16-20-26)47(44(29,6)7)36(63-42(56)66-47)32(23)61-39(53)31(50)30(25-17-13-11-14-18-25)48-40(54)65-43(3,4)5/h11-20,27-28,30-34,36-37,50H,21-22H2,1-10H3,(H,48,54)/t27-,28+,30-,31+,32+,33+,34-,36-,37-,45+,46-,47+/m0/s1. The number of nitrogens with one attached hydrogen (secondary N) is 1. The van der Waals surface area contributed by atoms with Gasteiger partial charge in [0, 0.05) is 25.9 Å². The van der Waals surface area contributed by atoms with Crippen molar-refractivity contribution in [3.05, 3.63) is 82.9 Å². The number of benzene rings is 2. The Balaban J connectivity index is 1.47. The Kier molecular flexibility index (Phi) is 12.6. The zero-order valence-corrected chi connectivity index (χ0v) is 38.3. The Morgan fingerprint density at radius 1 is 0.909 bits per heavy atom. The van der Waals surface area contributed by atoms with Crippen molar-refractivity contribution in [3.63, 3.8) is 0 Å². The van der Waals surface area contributed by atoms with Crippen molar-refractivity contribution in [2.45, 2.75) is 127 Å². The molecule has 66 heavy (non-hydrogen) atoms. The second-order valence-electron chi connectivity index (χ2n) is 18.8. The van der Waals surface area contributed by atoms with Gasteiger partial charge >= 0.3 is 36.3 Å². The Hall–Kier alpha value is -6.05. The maximum absolute atomic E-state index is 15.9. The molecule has 2 N–H and O–H groups in total. The largest absolute Gasteiger partial charge is 0.509 e. The molecular formula is C47H55NO18. The lowest BCUT2D eigenvalue weighted by atomic mass is 9.44. The van der Waals surface area contributed by atoms with E-state index in [1.807, 2.05) is 0 Å². The van der Waals surface area contributed by atoms with Gasteiger partial charge in [-0.05, 0) is 63.5 Å². The second-order valence-corrected chi connectivity index (χ2v) is 18.8. The molecule has 4 fully saturated rings. The van der Waals surface area contributed by atoms with Gasteiger partial charge in [0.05, 0.1) is 36.7 Å². The van der Waals surface area contributed by atoms with Crippen LogP contribution >= 0.6 is 0 Å². The molecular weight excluding hydrogens is 867 g/mol. The van der Waals surface area contributed by atoms with E-state index in [9.17, 15) is 33.9 Å². The summed E-state index contributed by atoms with van der Waals surface area (Å²) in [5, 5.41) is 14.4. The van der Waals surface area contributed by atoms with Gasteiger partial charge in [-0.25, -0.2) is 24.0 Å². The van der Waals surface area contributed by atoms with Crippen LogP contribution < -0.4 is 5.32 Å². The summed E-state index contributed by atoms with van der Waals surface area (Å²) in [6.45, 7) is 11.9. The van der Waals surface area contributed by atoms with E-state index in [4.69, 9.17) is 47.4 Å². The number of esters is 3. The van der Waals surface area contributed by atoms with E-state index in [1.165, 1.54) is 33.1 Å². The molecule has 2 aromatic carbocycles. The van der Waals surface area contributed by atoms with Crippen molar-refractivity contribution in [1.82, 2.24) is 5.32 Å². The van der Waals surface area contributed by atoms with Gasteiger partial charge in [0.15, 0.2) is 35.8 Å². The Morgan fingerprint density at radius 2 is 1.55 bits per heavy atom. The van der Waals surface area contributed by atoms with E-state index in [0.29, 0.717) is 0 Å². The average molecular weight is 922 g/mol. The third-order valence-electron chi connectivity index (χ3n) is 13.6. The minimum Gasteiger partial charge on any atom is -0.454 e. The Bertz CT molecular complexity index is 2310. The first-order chi connectivity index (χ1) is 31.0. The third kappa shape index (κ3) is 7.73. The molecule has 1 spiro atoms. The van der Waals surface area contributed by atoms with Gasteiger partial charge in [-0.2, -0.15) is 0 Å². The van der Waals surface area contributed by atoms with Crippen LogP contribution in [0, 0.1) is 16.7 Å². The summed E-state index contributed by atoms with van der Waals surface area (Å²) in [6.07, 6.45) is -15.4. The first-order valence-electron chi connectivity index (χ1n) is 21.4. The molecule has 2 aromatic rings. The van der Waals surface area contributed by atoms with Gasteiger partial charge in [-0.1, -0.05) is 62.4 Å². The fourth-order valence-corrected chi connectivity index (χ4v) is 10.8. The first-order valence-corrected chi connectivity index (χ1v) is 21.4. The summed E-state index contributed by atoms with van der Waals surface area (Å²) in [4.78, 5) is 98.6. The fourth-order valence-electron chi connectivity index (χ4n) is 10.8. The molecule has 1 amide bonds. The number of carbonyl (C=O) groups excluding carboxylic acids is 7. The number of hydrogen-bond acceptors (Lipinski definition) is 18. The minimum absolute atomic E-state index is 0.0257. The molecule has 2 aliphatic heterocycles. The van der Waals surface area contributed by atoms with Gasteiger partial charge in [-0.15, -0.1) is 0 Å². The van der Waals surface area contributed by atoms with Crippen LogP contribution in [-0.4, -0.2) is 128 Å². The van der Waals surface area contributed by atoms with Gasteiger partial charge in [-0.3, -0.25) is 9.59 Å². The number of Topliss-reactive ketones (excluding diaryl/α,β-unsaturated/α-hetero) is 1. The predicted octanol–water partition coefficient (Wildman–Crippen LogP) is 4.86. The molecule has 2 saturated carbocycles. The van der Waals surface area contributed by atoms with E-state index in [2.05, 4.69) is 5.32 Å². The number of rotatable bonds is 10. The van der Waals surface area contributed by atoms with E-state index in [0.717, 1.165) is 14.0 Å². The number of aliphatic hydroxyl groups excluding tert-OH is 1. The summed E-state index contributed by atoms with van der Waals surface area (Å²) in [6, 6.07) is 14.4. The topological polar surface area (TPSA) is 244 Å². The van der Waals surface area contributed by atoms with Crippen molar-refractivity contribution in [2.75, 3.05) is 20.8 Å². The number of ether oxygens (including phenoxy) is 10. The second kappa shape index (κ2) is 17.3. The quantitative estimate of drug-likeness (QED) is 0.184. The maximum Gasteiger partial charge on any atom is 0.509 e. The molecule has 0 unspecified atom stereocenters. The summed E-state index contributed by atoms with van der Waals surface area (Å²) in [5.41, 5.74) is -8.35. The molecule has 2 saturated heterocycles. The molecule has 0 radical (unpaired) electrons. The van der Waals surface area contributed by atoms with Crippen LogP contribution in [-0.2, 0) is 61.8 Å².